The Hall–Kier alpha value is 0. The van der Waals surface area contributed by atoms with Gasteiger partial charge >= 0.3 is 0 Å². The second-order valence-electron chi connectivity index (χ2n) is 5.85. The molecule has 0 aromatic rings. The third-order valence-corrected chi connectivity index (χ3v) is 4.13. The topological polar surface area (TPSA) is 0 Å². The van der Waals surface area contributed by atoms with E-state index in [1.807, 2.05) is 0 Å². The van der Waals surface area contributed by atoms with E-state index in [0.717, 1.165) is 17.8 Å². The molecule has 2 unspecified atom stereocenters. The first-order chi connectivity index (χ1) is 7.63. The second kappa shape index (κ2) is 10.2. The van der Waals surface area contributed by atoms with Crippen molar-refractivity contribution in [3.8, 4) is 0 Å². The third-order valence-electron chi connectivity index (χ3n) is 4.13. The van der Waals surface area contributed by atoms with E-state index in [0.29, 0.717) is 0 Å². The van der Waals surface area contributed by atoms with Crippen LogP contribution in [0.3, 0.4) is 0 Å². The number of rotatable bonds is 10. The van der Waals surface area contributed by atoms with Crippen LogP contribution in [-0.4, -0.2) is 0 Å². The monoisotopic (exact) mass is 226 g/mol. The van der Waals surface area contributed by atoms with E-state index >= 15 is 0 Å². The molecule has 0 aliphatic rings. The molecule has 0 aliphatic carbocycles. The molecular weight excluding hydrogens is 192 g/mol. The largest absolute Gasteiger partial charge is 0.0654 e. The zero-order valence-electron chi connectivity index (χ0n) is 12.4. The lowest BCUT2D eigenvalue weighted by molar-refractivity contribution is 0.240. The van der Waals surface area contributed by atoms with Crippen LogP contribution in [0.1, 0.15) is 86.0 Å². The minimum Gasteiger partial charge on any atom is -0.0654 e. The lowest BCUT2D eigenvalue weighted by Crippen LogP contribution is -2.17. The first-order valence-electron chi connectivity index (χ1n) is 7.63. The van der Waals surface area contributed by atoms with Crippen LogP contribution in [0.2, 0.25) is 0 Å². The van der Waals surface area contributed by atoms with E-state index in [-0.39, 0.29) is 0 Å². The van der Waals surface area contributed by atoms with Crippen molar-refractivity contribution >= 4 is 0 Å². The molecule has 98 valence electrons. The molecule has 16 heavy (non-hydrogen) atoms. The van der Waals surface area contributed by atoms with Gasteiger partial charge in [0.2, 0.25) is 0 Å². The van der Waals surface area contributed by atoms with Gasteiger partial charge in [-0.1, -0.05) is 86.0 Å². The van der Waals surface area contributed by atoms with E-state index in [1.165, 1.54) is 51.4 Å². The van der Waals surface area contributed by atoms with Gasteiger partial charge in [-0.2, -0.15) is 0 Å². The summed E-state index contributed by atoms with van der Waals surface area (Å²) >= 11 is 0. The van der Waals surface area contributed by atoms with Crippen molar-refractivity contribution in [3.05, 3.63) is 0 Å². The van der Waals surface area contributed by atoms with Gasteiger partial charge in [0.25, 0.3) is 0 Å². The van der Waals surface area contributed by atoms with Crippen LogP contribution in [0.4, 0.5) is 0 Å². The molecule has 0 bridgehead atoms. The van der Waals surface area contributed by atoms with Gasteiger partial charge in [0, 0.05) is 0 Å². The Bertz CT molecular complexity index is 137. The molecule has 0 aliphatic heterocycles. The zero-order valence-corrected chi connectivity index (χ0v) is 12.4. The third kappa shape index (κ3) is 7.30. The predicted octanol–water partition coefficient (Wildman–Crippen LogP) is 6.06. The molecule has 0 aromatic heterocycles. The number of hydrogen-bond acceptors (Lipinski definition) is 0. The quantitative estimate of drug-likeness (QED) is 0.397. The Morgan fingerprint density at radius 1 is 0.688 bits per heavy atom. The summed E-state index contributed by atoms with van der Waals surface area (Å²) in [5.74, 6) is 2.74. The van der Waals surface area contributed by atoms with Crippen LogP contribution in [0, 0.1) is 17.8 Å². The normalized spacial score (nSPS) is 15.4. The maximum Gasteiger partial charge on any atom is -0.0386 e. The van der Waals surface area contributed by atoms with Crippen molar-refractivity contribution in [1.29, 1.82) is 0 Å². The van der Waals surface area contributed by atoms with Gasteiger partial charge in [0.1, 0.15) is 0 Å². The van der Waals surface area contributed by atoms with E-state index in [9.17, 15) is 0 Å². The lowest BCUT2D eigenvalue weighted by Gasteiger charge is -2.26. The Labute approximate surface area is 104 Å². The SMILES string of the molecule is CCCCCCCC(CCC)C(C)C(C)C. The summed E-state index contributed by atoms with van der Waals surface area (Å²) in [5, 5.41) is 0. The van der Waals surface area contributed by atoms with E-state index in [1.54, 1.807) is 0 Å². The smallest absolute Gasteiger partial charge is 0.0386 e. The maximum absolute atomic E-state index is 2.46. The minimum absolute atomic E-state index is 0.854. The molecule has 0 radical (unpaired) electrons. The fourth-order valence-electron chi connectivity index (χ4n) is 2.60. The Kier molecular flexibility index (Phi) is 10.2. The fourth-order valence-corrected chi connectivity index (χ4v) is 2.60. The molecule has 0 N–H and O–H groups in total. The maximum atomic E-state index is 2.46. The highest BCUT2D eigenvalue weighted by atomic mass is 14.2. The molecule has 0 aromatic carbocycles. The predicted molar refractivity (Wildman–Crippen MR) is 75.8 cm³/mol. The molecule has 0 rings (SSSR count). The average Bonchev–Trinajstić information content (AvgIpc) is 2.26. The summed E-state index contributed by atoms with van der Waals surface area (Å²) in [6, 6.07) is 0. The van der Waals surface area contributed by atoms with Gasteiger partial charge in [0.05, 0.1) is 0 Å². The lowest BCUT2D eigenvalue weighted by atomic mass is 9.79. The highest BCUT2D eigenvalue weighted by Crippen LogP contribution is 2.29. The number of hydrogen-bond donors (Lipinski definition) is 0. The van der Waals surface area contributed by atoms with Crippen LogP contribution < -0.4 is 0 Å². The van der Waals surface area contributed by atoms with Crippen LogP contribution in [0.5, 0.6) is 0 Å². The summed E-state index contributed by atoms with van der Waals surface area (Å²) < 4.78 is 0. The summed E-state index contributed by atoms with van der Waals surface area (Å²) in [6.07, 6.45) is 11.4. The van der Waals surface area contributed by atoms with Crippen LogP contribution >= 0.6 is 0 Å². The first-order valence-corrected chi connectivity index (χ1v) is 7.63. The van der Waals surface area contributed by atoms with Crippen LogP contribution in [0.15, 0.2) is 0 Å². The average molecular weight is 226 g/mol. The minimum atomic E-state index is 0.854. The van der Waals surface area contributed by atoms with E-state index in [4.69, 9.17) is 0 Å². The standard InChI is InChI=1S/C16H34/c1-6-8-9-10-11-13-16(12-7-2)15(5)14(3)4/h14-16H,6-13H2,1-5H3. The molecule has 0 saturated heterocycles. The van der Waals surface area contributed by atoms with Crippen LogP contribution in [0.25, 0.3) is 0 Å². The van der Waals surface area contributed by atoms with Crippen molar-refractivity contribution < 1.29 is 0 Å². The molecule has 0 heterocycles. The Balaban J connectivity index is 3.76. The highest BCUT2D eigenvalue weighted by Gasteiger charge is 2.18. The van der Waals surface area contributed by atoms with Crippen molar-refractivity contribution in [2.75, 3.05) is 0 Å². The van der Waals surface area contributed by atoms with Gasteiger partial charge in [-0.25, -0.2) is 0 Å². The molecular formula is C16H34. The van der Waals surface area contributed by atoms with Gasteiger partial charge in [-0.15, -0.1) is 0 Å². The van der Waals surface area contributed by atoms with Crippen LogP contribution in [-0.2, 0) is 0 Å². The second-order valence-corrected chi connectivity index (χ2v) is 5.85. The molecule has 0 spiro atoms. The van der Waals surface area contributed by atoms with Crippen molar-refractivity contribution in [1.82, 2.24) is 0 Å². The van der Waals surface area contributed by atoms with Gasteiger partial charge in [-0.3, -0.25) is 0 Å². The van der Waals surface area contributed by atoms with E-state index in [2.05, 4.69) is 34.6 Å². The van der Waals surface area contributed by atoms with Gasteiger partial charge in [0.15, 0.2) is 0 Å². The molecule has 0 heteroatoms. The first kappa shape index (κ1) is 16.0. The fraction of sp³-hybridized carbons (Fsp3) is 1.00. The summed E-state index contributed by atoms with van der Waals surface area (Å²) in [5.41, 5.74) is 0. The summed E-state index contributed by atoms with van der Waals surface area (Å²) in [6.45, 7) is 11.8. The summed E-state index contributed by atoms with van der Waals surface area (Å²) in [7, 11) is 0. The molecule has 0 nitrogen and oxygen atoms in total. The molecule has 2 atom stereocenters. The van der Waals surface area contributed by atoms with E-state index < -0.39 is 0 Å². The van der Waals surface area contributed by atoms with Gasteiger partial charge in [-0.05, 0) is 17.8 Å². The molecule has 0 fully saturated rings. The molecule has 0 amide bonds. The Morgan fingerprint density at radius 2 is 1.31 bits per heavy atom. The zero-order chi connectivity index (χ0) is 12.4. The van der Waals surface area contributed by atoms with Gasteiger partial charge < -0.3 is 0 Å². The van der Waals surface area contributed by atoms with Crippen molar-refractivity contribution in [2.45, 2.75) is 86.0 Å². The Morgan fingerprint density at radius 3 is 1.81 bits per heavy atom. The molecule has 0 saturated carbocycles. The summed E-state index contributed by atoms with van der Waals surface area (Å²) in [4.78, 5) is 0. The number of unbranched alkanes of at least 4 members (excludes halogenated alkanes) is 4. The van der Waals surface area contributed by atoms with Crippen molar-refractivity contribution in [2.24, 2.45) is 17.8 Å². The highest BCUT2D eigenvalue weighted by molar-refractivity contribution is 4.69. The van der Waals surface area contributed by atoms with Crippen molar-refractivity contribution in [3.63, 3.8) is 0 Å².